The molecule has 0 aliphatic rings. The average Bonchev–Trinajstić information content (AvgIpc) is 3.18. The van der Waals surface area contributed by atoms with Gasteiger partial charge in [-0.05, 0) is 84.0 Å². The first kappa shape index (κ1) is 37.2. The summed E-state index contributed by atoms with van der Waals surface area (Å²) >= 11 is 0. The largest absolute Gasteiger partial charge is 0.481 e. The molecule has 5 aromatic rings. The van der Waals surface area contributed by atoms with E-state index in [4.69, 9.17) is 9.47 Å². The Balaban J connectivity index is 1.17. The lowest BCUT2D eigenvalue weighted by Gasteiger charge is -2.37. The fraction of sp³-hybridized carbons (Fsp3) is 0.289. The molecule has 0 saturated carbocycles. The van der Waals surface area contributed by atoms with Gasteiger partial charge in [0.2, 0.25) is 0 Å². The second-order valence-electron chi connectivity index (χ2n) is 13.1. The van der Waals surface area contributed by atoms with Crippen molar-refractivity contribution in [3.63, 3.8) is 0 Å². The van der Waals surface area contributed by atoms with Gasteiger partial charge in [-0.15, -0.1) is 0 Å². The zero-order valence-electron chi connectivity index (χ0n) is 29.3. The number of rotatable bonds is 19. The van der Waals surface area contributed by atoms with Gasteiger partial charge < -0.3 is 19.7 Å². The molecule has 2 N–H and O–H groups in total. The minimum Gasteiger partial charge on any atom is -0.481 e. The predicted molar refractivity (Wildman–Crippen MR) is 201 cm³/mol. The Morgan fingerprint density at radius 2 is 1.08 bits per heavy atom. The summed E-state index contributed by atoms with van der Waals surface area (Å²) in [5, 5.41) is 21.6. The van der Waals surface area contributed by atoms with E-state index in [-0.39, 0.29) is 12.6 Å². The van der Waals surface area contributed by atoms with Crippen LogP contribution in [0.5, 0.6) is 0 Å². The fourth-order valence-electron chi connectivity index (χ4n) is 6.77. The van der Waals surface area contributed by atoms with Crippen molar-refractivity contribution in [3.8, 4) is 0 Å². The van der Waals surface area contributed by atoms with Crippen LogP contribution in [0.4, 0.5) is 0 Å². The van der Waals surface area contributed by atoms with Crippen LogP contribution in [0, 0.1) is 5.92 Å². The second-order valence-corrected chi connectivity index (χ2v) is 13.1. The monoisotopic (exact) mass is 684 g/mol. The van der Waals surface area contributed by atoms with Gasteiger partial charge in [0, 0.05) is 0 Å². The molecule has 51 heavy (non-hydrogen) atoms. The highest BCUT2D eigenvalue weighted by atomic mass is 16.5. The summed E-state index contributed by atoms with van der Waals surface area (Å²) in [5.74, 6) is -2.51. The first-order valence-corrected chi connectivity index (χ1v) is 17.9. The van der Waals surface area contributed by atoms with Gasteiger partial charge in [0.15, 0.2) is 0 Å². The van der Waals surface area contributed by atoms with Crippen molar-refractivity contribution in [3.05, 3.63) is 178 Å². The van der Waals surface area contributed by atoms with E-state index in [0.29, 0.717) is 18.4 Å². The van der Waals surface area contributed by atoms with E-state index in [2.05, 4.69) is 12.1 Å². The fourth-order valence-corrected chi connectivity index (χ4v) is 6.77. The maximum atomic E-state index is 12.6. The Labute approximate surface area is 301 Å². The van der Waals surface area contributed by atoms with Gasteiger partial charge in [-0.3, -0.25) is 4.79 Å². The molecular weight excluding hydrogens is 636 g/mol. The third-order valence-electron chi connectivity index (χ3n) is 9.55. The molecular formula is C45H48O6. The lowest BCUT2D eigenvalue weighted by molar-refractivity contribution is -0.151. The Bertz CT molecular complexity index is 1710. The van der Waals surface area contributed by atoms with E-state index in [9.17, 15) is 19.8 Å². The normalized spacial score (nSPS) is 12.6. The molecule has 264 valence electrons. The molecule has 0 aliphatic carbocycles. The third kappa shape index (κ3) is 10.0. The molecule has 6 nitrogen and oxygen atoms in total. The first-order chi connectivity index (χ1) is 24.9. The van der Waals surface area contributed by atoms with Crippen LogP contribution >= 0.6 is 0 Å². The number of benzene rings is 5. The highest BCUT2D eigenvalue weighted by molar-refractivity contribution is 5.89. The van der Waals surface area contributed by atoms with Crippen LogP contribution in [-0.4, -0.2) is 42.0 Å². The molecule has 0 bridgehead atoms. The minimum absolute atomic E-state index is 0.175. The van der Waals surface area contributed by atoms with Gasteiger partial charge in [-0.25, -0.2) is 4.79 Å². The number of carbonyl (C=O) groups is 2. The van der Waals surface area contributed by atoms with E-state index in [1.807, 2.05) is 121 Å². The smallest absolute Gasteiger partial charge is 0.337 e. The molecule has 0 spiro atoms. The molecule has 0 fully saturated rings. The first-order valence-electron chi connectivity index (χ1n) is 17.9. The topological polar surface area (TPSA) is 93.1 Å². The lowest BCUT2D eigenvalue weighted by Crippen LogP contribution is -2.39. The predicted octanol–water partition coefficient (Wildman–Crippen LogP) is 8.82. The zero-order chi connectivity index (χ0) is 35.9. The number of unbranched alkanes of at least 4 members (excludes halogenated alkanes) is 3. The van der Waals surface area contributed by atoms with Crippen LogP contribution in [0.2, 0.25) is 0 Å². The summed E-state index contributed by atoms with van der Waals surface area (Å²) in [6.45, 7) is -0.175. The van der Waals surface area contributed by atoms with Gasteiger partial charge in [-0.1, -0.05) is 140 Å². The Morgan fingerprint density at radius 3 is 1.57 bits per heavy atom. The van der Waals surface area contributed by atoms with Crippen LogP contribution < -0.4 is 0 Å². The molecule has 0 saturated heterocycles. The molecule has 0 heterocycles. The van der Waals surface area contributed by atoms with Crippen molar-refractivity contribution in [2.24, 2.45) is 5.92 Å². The number of ether oxygens (including phenoxy) is 2. The number of hydrogen-bond acceptors (Lipinski definition) is 5. The van der Waals surface area contributed by atoms with E-state index in [1.165, 1.54) is 12.7 Å². The molecule has 0 aliphatic heterocycles. The van der Waals surface area contributed by atoms with E-state index in [1.54, 1.807) is 6.07 Å². The third-order valence-corrected chi connectivity index (χ3v) is 9.55. The van der Waals surface area contributed by atoms with E-state index in [0.717, 1.165) is 66.3 Å². The molecule has 5 aromatic carbocycles. The summed E-state index contributed by atoms with van der Waals surface area (Å²) < 4.78 is 11.6. The van der Waals surface area contributed by atoms with Crippen LogP contribution in [0.15, 0.2) is 140 Å². The summed E-state index contributed by atoms with van der Waals surface area (Å²) in [5.41, 5.74) is 5.62. The van der Waals surface area contributed by atoms with Crippen LogP contribution in [0.1, 0.15) is 75.8 Å². The number of methoxy groups -OCH3 is 1. The summed E-state index contributed by atoms with van der Waals surface area (Å²) in [7, 11) is 1.40. The Kier molecular flexibility index (Phi) is 13.7. The number of carboxylic acids is 1. The Morgan fingerprint density at radius 1 is 0.608 bits per heavy atom. The van der Waals surface area contributed by atoms with Gasteiger partial charge in [-0.2, -0.15) is 0 Å². The van der Waals surface area contributed by atoms with Crippen LogP contribution in [0.25, 0.3) is 0 Å². The number of aliphatic carboxylic acids is 1. The second kappa shape index (κ2) is 18.8. The highest BCUT2D eigenvalue weighted by Gasteiger charge is 2.40. The van der Waals surface area contributed by atoms with Crippen molar-refractivity contribution in [2.75, 3.05) is 13.7 Å². The van der Waals surface area contributed by atoms with Crippen molar-refractivity contribution < 1.29 is 29.3 Å². The molecule has 0 radical (unpaired) electrons. The van der Waals surface area contributed by atoms with Crippen LogP contribution in [0.3, 0.4) is 0 Å². The van der Waals surface area contributed by atoms with Crippen molar-refractivity contribution in [1.82, 2.24) is 0 Å². The summed E-state index contributed by atoms with van der Waals surface area (Å²) in [6.07, 6.45) is 5.99. The lowest BCUT2D eigenvalue weighted by atomic mass is 9.80. The number of aryl methyl sites for hydroxylation is 3. The molecule has 6 heteroatoms. The van der Waals surface area contributed by atoms with E-state index >= 15 is 0 Å². The van der Waals surface area contributed by atoms with Gasteiger partial charge in [0.1, 0.15) is 11.5 Å². The number of aliphatic hydroxyl groups excluding tert-OH is 1. The summed E-state index contributed by atoms with van der Waals surface area (Å²) in [4.78, 5) is 24.4. The maximum absolute atomic E-state index is 12.6. The van der Waals surface area contributed by atoms with Crippen LogP contribution in [-0.2, 0) is 39.1 Å². The number of carbonyl (C=O) groups excluding carboxylic acids is 1. The van der Waals surface area contributed by atoms with Gasteiger partial charge in [0.25, 0.3) is 0 Å². The molecule has 0 unspecified atom stereocenters. The SMILES string of the molecule is COC(=O)c1cccc(CCCCCCc2cccc(CC[C@@H](O)[C@@H](COC(c3ccccc3)(c3ccccc3)c3ccccc3)C(=O)O)c2)c1. The zero-order valence-corrected chi connectivity index (χ0v) is 29.3. The average molecular weight is 685 g/mol. The maximum Gasteiger partial charge on any atom is 0.337 e. The Hall–Kier alpha value is -5.04. The number of esters is 1. The number of aliphatic hydroxyl groups is 1. The molecule has 2 atom stereocenters. The quantitative estimate of drug-likeness (QED) is 0.0513. The standard InChI is InChI=1S/C45H48O6/c1-50-44(49)37-22-16-21-35(32-37)18-8-3-2-7-17-34-19-15-20-36(31-34)29-30-42(46)41(43(47)48)33-51-45(38-23-9-4-10-24-38,39-25-11-5-12-26-39)40-27-13-6-14-28-40/h4-6,9-16,19-28,31-32,41-42,46H,2-3,7-8,17-18,29-30,33H2,1H3,(H,47,48)/t41-,42-/m1/s1. The highest BCUT2D eigenvalue weighted by Crippen LogP contribution is 2.41. The molecule has 5 rings (SSSR count). The minimum atomic E-state index is -1.12. The number of hydrogen-bond donors (Lipinski definition) is 2. The van der Waals surface area contributed by atoms with E-state index < -0.39 is 23.6 Å². The van der Waals surface area contributed by atoms with Gasteiger partial charge in [0.05, 0.1) is 25.4 Å². The molecule has 0 amide bonds. The number of carboxylic acid groups (broad SMARTS) is 1. The van der Waals surface area contributed by atoms with Crippen molar-refractivity contribution in [1.29, 1.82) is 0 Å². The summed E-state index contributed by atoms with van der Waals surface area (Å²) in [6, 6.07) is 45.5. The molecule has 0 aromatic heterocycles. The van der Waals surface area contributed by atoms with Crippen molar-refractivity contribution in [2.45, 2.75) is 63.1 Å². The van der Waals surface area contributed by atoms with Crippen molar-refractivity contribution >= 4 is 11.9 Å². The van der Waals surface area contributed by atoms with Gasteiger partial charge >= 0.3 is 11.9 Å².